The Morgan fingerprint density at radius 2 is 2.17 bits per heavy atom. The van der Waals surface area contributed by atoms with E-state index in [0.717, 1.165) is 34.8 Å². The molecule has 0 saturated heterocycles. The van der Waals surface area contributed by atoms with Crippen LogP contribution in [0.15, 0.2) is 12.3 Å². The van der Waals surface area contributed by atoms with Gasteiger partial charge in [-0.1, -0.05) is 26.7 Å². The van der Waals surface area contributed by atoms with E-state index in [-0.39, 0.29) is 0 Å². The Kier molecular flexibility index (Phi) is 4.17. The molecule has 0 spiro atoms. The quantitative estimate of drug-likeness (QED) is 0.647. The number of hydrogen-bond acceptors (Lipinski definition) is 2. The van der Waals surface area contributed by atoms with Gasteiger partial charge in [0, 0.05) is 12.7 Å². The number of unbranched alkanes of at least 4 members (excludes halogenated alkanes) is 1. The van der Waals surface area contributed by atoms with E-state index >= 15 is 0 Å². The van der Waals surface area contributed by atoms with Gasteiger partial charge in [0.25, 0.3) is 0 Å². The molecule has 0 fully saturated rings. The number of aromatic nitrogens is 3. The summed E-state index contributed by atoms with van der Waals surface area (Å²) in [4.78, 5) is 7.70. The molecule has 2 aromatic rings. The monoisotopic (exact) mass is 263 g/mol. The second kappa shape index (κ2) is 5.65. The Hall–Kier alpha value is -1.16. The number of nitrogens with zero attached hydrogens (tertiary/aromatic N) is 2. The van der Waals surface area contributed by atoms with Crippen molar-refractivity contribution < 1.29 is 0 Å². The average molecular weight is 263 g/mol. The van der Waals surface area contributed by atoms with Gasteiger partial charge < -0.3 is 9.55 Å². The van der Waals surface area contributed by atoms with Crippen LogP contribution in [-0.2, 0) is 6.54 Å². The minimum Gasteiger partial charge on any atom is -0.329 e. The molecular weight excluding hydrogens is 242 g/mol. The van der Waals surface area contributed by atoms with Crippen LogP contribution >= 0.6 is 12.2 Å². The molecule has 0 aliphatic rings. The Morgan fingerprint density at radius 3 is 2.89 bits per heavy atom. The number of fused-ring (bicyclic) bond motifs is 1. The summed E-state index contributed by atoms with van der Waals surface area (Å²) < 4.78 is 2.91. The van der Waals surface area contributed by atoms with Crippen LogP contribution in [0, 0.1) is 17.6 Å². The molecule has 0 aromatic carbocycles. The van der Waals surface area contributed by atoms with Crippen LogP contribution in [0.2, 0.25) is 0 Å². The fraction of sp³-hybridized carbons (Fsp3) is 0.571. The van der Waals surface area contributed by atoms with Crippen LogP contribution in [0.3, 0.4) is 0 Å². The molecule has 0 aliphatic heterocycles. The van der Waals surface area contributed by atoms with Crippen LogP contribution in [-0.4, -0.2) is 14.5 Å². The van der Waals surface area contributed by atoms with Gasteiger partial charge in [0.05, 0.1) is 5.52 Å². The first-order chi connectivity index (χ1) is 8.59. The first-order valence-corrected chi connectivity index (χ1v) is 7.04. The number of nitrogens with one attached hydrogen (secondary N) is 1. The minimum absolute atomic E-state index is 0.779. The first-order valence-electron chi connectivity index (χ1n) is 6.63. The van der Waals surface area contributed by atoms with E-state index in [1.807, 2.05) is 12.3 Å². The summed E-state index contributed by atoms with van der Waals surface area (Å²) in [5, 5.41) is 0. The number of hydrogen-bond donors (Lipinski definition) is 1. The molecule has 2 heterocycles. The van der Waals surface area contributed by atoms with Crippen LogP contribution in [0.1, 0.15) is 38.7 Å². The molecule has 0 atom stereocenters. The zero-order valence-corrected chi connectivity index (χ0v) is 12.2. The first kappa shape index (κ1) is 13.3. The van der Waals surface area contributed by atoms with E-state index in [0.29, 0.717) is 0 Å². The Bertz CT molecular complexity index is 580. The molecule has 0 saturated carbocycles. The topological polar surface area (TPSA) is 33.6 Å². The lowest BCUT2D eigenvalue weighted by atomic mass is 10.1. The van der Waals surface area contributed by atoms with Gasteiger partial charge in [-0.25, -0.2) is 4.98 Å². The third kappa shape index (κ3) is 2.80. The van der Waals surface area contributed by atoms with E-state index in [2.05, 4.69) is 35.3 Å². The normalized spacial score (nSPS) is 11.6. The van der Waals surface area contributed by atoms with E-state index < -0.39 is 0 Å². The van der Waals surface area contributed by atoms with Gasteiger partial charge in [0.1, 0.15) is 0 Å². The van der Waals surface area contributed by atoms with E-state index in [9.17, 15) is 0 Å². The van der Waals surface area contributed by atoms with Gasteiger partial charge in [0.2, 0.25) is 0 Å². The van der Waals surface area contributed by atoms with Crippen molar-refractivity contribution in [1.82, 2.24) is 14.5 Å². The van der Waals surface area contributed by atoms with Gasteiger partial charge in [0.15, 0.2) is 10.4 Å². The molecule has 2 aromatic heterocycles. The van der Waals surface area contributed by atoms with Crippen molar-refractivity contribution in [3.8, 4) is 0 Å². The summed E-state index contributed by atoms with van der Waals surface area (Å²) in [7, 11) is 0. The molecular formula is C14H21N3S. The summed E-state index contributed by atoms with van der Waals surface area (Å²) >= 11 is 5.38. The molecule has 3 nitrogen and oxygen atoms in total. The predicted molar refractivity (Wildman–Crippen MR) is 78.3 cm³/mol. The van der Waals surface area contributed by atoms with Gasteiger partial charge in [-0.05, 0) is 43.1 Å². The average Bonchev–Trinajstić information content (AvgIpc) is 2.63. The highest BCUT2D eigenvalue weighted by molar-refractivity contribution is 7.71. The maximum Gasteiger partial charge on any atom is 0.179 e. The molecule has 18 heavy (non-hydrogen) atoms. The van der Waals surface area contributed by atoms with Crippen LogP contribution in [0.4, 0.5) is 0 Å². The maximum absolute atomic E-state index is 5.38. The van der Waals surface area contributed by atoms with E-state index in [4.69, 9.17) is 12.2 Å². The molecule has 2 rings (SSSR count). The lowest BCUT2D eigenvalue weighted by Gasteiger charge is -2.06. The molecule has 1 N–H and O–H groups in total. The van der Waals surface area contributed by atoms with Crippen molar-refractivity contribution in [2.45, 2.75) is 46.6 Å². The summed E-state index contributed by atoms with van der Waals surface area (Å²) in [5.74, 6) is 0.779. The Balaban J connectivity index is 2.16. The zero-order valence-electron chi connectivity index (χ0n) is 11.4. The largest absolute Gasteiger partial charge is 0.329 e. The molecule has 0 radical (unpaired) electrons. The number of aryl methyl sites for hydroxylation is 2. The van der Waals surface area contributed by atoms with Crippen molar-refractivity contribution in [3.63, 3.8) is 0 Å². The van der Waals surface area contributed by atoms with Crippen molar-refractivity contribution in [1.29, 1.82) is 0 Å². The standard InChI is InChI=1S/C14H21N3S/c1-10(2)6-4-5-9-17-13-12(16-14(17)18)11(3)7-8-15-13/h7-8,10H,4-6,9H2,1-3H3,(H,16,18). The Morgan fingerprint density at radius 1 is 1.39 bits per heavy atom. The molecule has 98 valence electrons. The number of pyridine rings is 1. The third-order valence-corrected chi connectivity index (χ3v) is 3.61. The molecule has 0 amide bonds. The van der Waals surface area contributed by atoms with Gasteiger partial charge in [-0.15, -0.1) is 0 Å². The van der Waals surface area contributed by atoms with Crippen molar-refractivity contribution >= 4 is 23.4 Å². The fourth-order valence-electron chi connectivity index (χ4n) is 2.20. The molecule has 0 unspecified atom stereocenters. The van der Waals surface area contributed by atoms with Gasteiger partial charge in [-0.2, -0.15) is 0 Å². The highest BCUT2D eigenvalue weighted by Crippen LogP contribution is 2.16. The minimum atomic E-state index is 0.779. The smallest absolute Gasteiger partial charge is 0.179 e. The SMILES string of the molecule is Cc1ccnc2c1[nH]c(=S)n2CCCCC(C)C. The number of rotatable bonds is 5. The highest BCUT2D eigenvalue weighted by atomic mass is 32.1. The van der Waals surface area contributed by atoms with Crippen LogP contribution in [0.5, 0.6) is 0 Å². The maximum atomic E-state index is 5.38. The van der Waals surface area contributed by atoms with Gasteiger partial charge in [-0.3, -0.25) is 0 Å². The van der Waals surface area contributed by atoms with Crippen LogP contribution < -0.4 is 0 Å². The third-order valence-electron chi connectivity index (χ3n) is 3.29. The predicted octanol–water partition coefficient (Wildman–Crippen LogP) is 4.23. The van der Waals surface area contributed by atoms with Gasteiger partial charge >= 0.3 is 0 Å². The lowest BCUT2D eigenvalue weighted by molar-refractivity contribution is 0.510. The highest BCUT2D eigenvalue weighted by Gasteiger charge is 2.07. The number of H-pyrrole nitrogens is 1. The van der Waals surface area contributed by atoms with Crippen molar-refractivity contribution in [2.24, 2.45) is 5.92 Å². The summed E-state index contributed by atoms with van der Waals surface area (Å²) in [6.45, 7) is 7.57. The second-order valence-corrected chi connectivity index (χ2v) is 5.68. The lowest BCUT2D eigenvalue weighted by Crippen LogP contribution is -2.00. The van der Waals surface area contributed by atoms with E-state index in [1.165, 1.54) is 18.4 Å². The number of imidazole rings is 1. The number of aromatic amines is 1. The summed E-state index contributed by atoms with van der Waals surface area (Å²) in [6, 6.07) is 2.01. The van der Waals surface area contributed by atoms with Crippen molar-refractivity contribution in [3.05, 3.63) is 22.6 Å². The molecule has 0 bridgehead atoms. The van der Waals surface area contributed by atoms with Crippen LogP contribution in [0.25, 0.3) is 11.2 Å². The summed E-state index contributed by atoms with van der Waals surface area (Å²) in [6.07, 6.45) is 5.54. The van der Waals surface area contributed by atoms with Crippen molar-refractivity contribution in [2.75, 3.05) is 0 Å². The Labute approximate surface area is 113 Å². The molecule has 0 aliphatic carbocycles. The zero-order chi connectivity index (χ0) is 13.1. The second-order valence-electron chi connectivity index (χ2n) is 5.30. The fourth-order valence-corrected chi connectivity index (χ4v) is 2.48. The summed E-state index contributed by atoms with van der Waals surface area (Å²) in [5.41, 5.74) is 3.27. The molecule has 4 heteroatoms. The van der Waals surface area contributed by atoms with E-state index in [1.54, 1.807) is 0 Å².